The zero-order valence-corrected chi connectivity index (χ0v) is 21.2. The number of nitrogens with zero attached hydrogens (tertiary/aromatic N) is 5. The summed E-state index contributed by atoms with van der Waals surface area (Å²) >= 11 is 0. The average Bonchev–Trinajstić information content (AvgIpc) is 3.71. The molecule has 1 aliphatic carbocycles. The van der Waals surface area contributed by atoms with E-state index in [-0.39, 0.29) is 6.04 Å². The molecule has 0 spiro atoms. The third-order valence-electron chi connectivity index (χ3n) is 7.34. The van der Waals surface area contributed by atoms with Crippen molar-refractivity contribution >= 4 is 11.3 Å². The molecule has 0 amide bonds. The van der Waals surface area contributed by atoms with Crippen LogP contribution in [0.5, 0.6) is 5.75 Å². The fraction of sp³-hybridized carbons (Fsp3) is 0.258. The lowest BCUT2D eigenvalue weighted by molar-refractivity contribution is 0.200. The summed E-state index contributed by atoms with van der Waals surface area (Å²) in [5.74, 6) is 1.89. The largest absolute Gasteiger partial charge is 0.496 e. The monoisotopic (exact) mass is 490 g/mol. The van der Waals surface area contributed by atoms with Crippen molar-refractivity contribution in [3.05, 3.63) is 120 Å². The molecule has 1 saturated heterocycles. The molecule has 0 bridgehead atoms. The van der Waals surface area contributed by atoms with E-state index in [1.807, 2.05) is 0 Å². The Labute approximate surface area is 218 Å². The summed E-state index contributed by atoms with van der Waals surface area (Å²) in [4.78, 5) is 9.89. The van der Waals surface area contributed by atoms with Crippen molar-refractivity contribution in [1.82, 2.24) is 19.7 Å². The molecule has 1 fully saturated rings. The average molecular weight is 491 g/mol. The first-order valence-electron chi connectivity index (χ1n) is 13.0. The lowest BCUT2D eigenvalue weighted by Gasteiger charge is -2.40. The molecular formula is C31H32N5O. The van der Waals surface area contributed by atoms with Crippen LogP contribution in [0.25, 0.3) is 5.57 Å². The van der Waals surface area contributed by atoms with Crippen LogP contribution in [-0.2, 0) is 13.0 Å². The van der Waals surface area contributed by atoms with Crippen molar-refractivity contribution < 1.29 is 4.74 Å². The maximum absolute atomic E-state index is 5.82. The number of aromatic nitrogens is 3. The molecule has 1 aliphatic heterocycles. The van der Waals surface area contributed by atoms with Crippen molar-refractivity contribution in [3.63, 3.8) is 0 Å². The molecular weight excluding hydrogens is 458 g/mol. The minimum Gasteiger partial charge on any atom is -0.496 e. The van der Waals surface area contributed by atoms with Crippen LogP contribution in [-0.4, -0.2) is 53.0 Å². The zero-order chi connectivity index (χ0) is 25.0. The summed E-state index contributed by atoms with van der Waals surface area (Å²) in [5, 5.41) is 4.68. The minimum absolute atomic E-state index is 0.0174. The Morgan fingerprint density at radius 1 is 0.865 bits per heavy atom. The van der Waals surface area contributed by atoms with Crippen molar-refractivity contribution in [3.8, 4) is 5.75 Å². The Hall–Kier alpha value is -3.90. The van der Waals surface area contributed by atoms with Crippen molar-refractivity contribution in [2.45, 2.75) is 19.0 Å². The Bertz CT molecular complexity index is 1360. The van der Waals surface area contributed by atoms with Crippen LogP contribution in [0.15, 0.2) is 91.3 Å². The number of rotatable bonds is 9. The third-order valence-corrected chi connectivity index (χ3v) is 7.34. The molecule has 1 aromatic heterocycles. The van der Waals surface area contributed by atoms with Crippen LogP contribution >= 0.6 is 0 Å². The second kappa shape index (κ2) is 10.6. The van der Waals surface area contributed by atoms with Crippen LogP contribution in [0, 0.1) is 6.42 Å². The van der Waals surface area contributed by atoms with E-state index < -0.39 is 0 Å². The van der Waals surface area contributed by atoms with Crippen molar-refractivity contribution in [1.29, 1.82) is 0 Å². The van der Waals surface area contributed by atoms with E-state index in [0.29, 0.717) is 0 Å². The molecule has 187 valence electrons. The van der Waals surface area contributed by atoms with Gasteiger partial charge in [0.15, 0.2) is 0 Å². The lowest BCUT2D eigenvalue weighted by atomic mass is 9.94. The Balaban J connectivity index is 1.34. The molecule has 1 atom stereocenters. The number of allylic oxidation sites excluding steroid dienone is 2. The molecule has 4 aromatic rings. The second-order valence-electron chi connectivity index (χ2n) is 9.55. The zero-order valence-electron chi connectivity index (χ0n) is 21.2. The highest BCUT2D eigenvalue weighted by Crippen LogP contribution is 2.43. The summed E-state index contributed by atoms with van der Waals surface area (Å²) < 4.78 is 7.91. The first-order valence-corrected chi connectivity index (χ1v) is 13.0. The molecule has 6 heteroatoms. The van der Waals surface area contributed by atoms with E-state index in [4.69, 9.17) is 9.72 Å². The van der Waals surface area contributed by atoms with Gasteiger partial charge in [-0.15, -0.1) is 0 Å². The van der Waals surface area contributed by atoms with Gasteiger partial charge in [0.1, 0.15) is 17.9 Å². The normalized spacial score (nSPS) is 16.4. The van der Waals surface area contributed by atoms with Crippen LogP contribution in [0.4, 0.5) is 5.69 Å². The predicted octanol–water partition coefficient (Wildman–Crippen LogP) is 5.04. The van der Waals surface area contributed by atoms with E-state index in [0.717, 1.165) is 56.3 Å². The molecule has 6 nitrogen and oxygen atoms in total. The number of methoxy groups -OCH3 is 1. The maximum atomic E-state index is 5.82. The number of hydrogen-bond donors (Lipinski definition) is 0. The first kappa shape index (κ1) is 23.5. The topological polar surface area (TPSA) is 46.4 Å². The SMILES string of the molecule is COc1cccc(C(c2ncnn2CCc2ccccc2)N2CCN(c3ccccc3)CC2)c1C1=C[CH]1. The maximum Gasteiger partial charge on any atom is 0.148 e. The van der Waals surface area contributed by atoms with Gasteiger partial charge in [-0.2, -0.15) is 5.10 Å². The third kappa shape index (κ3) is 5.02. The van der Waals surface area contributed by atoms with Gasteiger partial charge in [0.2, 0.25) is 0 Å². The Kier molecular flexibility index (Phi) is 6.74. The van der Waals surface area contributed by atoms with Gasteiger partial charge >= 0.3 is 0 Å². The van der Waals surface area contributed by atoms with Gasteiger partial charge in [-0.25, -0.2) is 9.67 Å². The Morgan fingerprint density at radius 2 is 1.59 bits per heavy atom. The van der Waals surface area contributed by atoms with Crippen LogP contribution < -0.4 is 9.64 Å². The molecule has 2 heterocycles. The van der Waals surface area contributed by atoms with Crippen LogP contribution in [0.3, 0.4) is 0 Å². The molecule has 0 saturated carbocycles. The predicted molar refractivity (Wildman–Crippen MR) is 148 cm³/mol. The summed E-state index contributed by atoms with van der Waals surface area (Å²) in [6, 6.07) is 27.6. The standard InChI is InChI=1S/C31H32N5O/c1-37-28-14-8-13-27(29(28)25-15-16-25)30(35-21-19-34(20-22-35)26-11-6-3-7-12-26)31-32-23-33-36(31)18-17-24-9-4-2-5-10-24/h2-16,23,30H,17-22H2,1H3. The van der Waals surface area contributed by atoms with Crippen molar-refractivity contribution in [2.75, 3.05) is 38.2 Å². The number of aryl methyl sites for hydroxylation is 2. The number of benzene rings is 3. The van der Waals surface area contributed by atoms with Gasteiger partial charge in [0, 0.05) is 50.4 Å². The van der Waals surface area contributed by atoms with Gasteiger partial charge in [0.05, 0.1) is 13.2 Å². The number of anilines is 1. The Morgan fingerprint density at radius 3 is 2.30 bits per heavy atom. The fourth-order valence-electron chi connectivity index (χ4n) is 5.38. The van der Waals surface area contributed by atoms with Crippen LogP contribution in [0.1, 0.15) is 28.6 Å². The smallest absolute Gasteiger partial charge is 0.148 e. The molecule has 0 N–H and O–H groups in total. The van der Waals surface area contributed by atoms with Crippen molar-refractivity contribution in [2.24, 2.45) is 0 Å². The van der Waals surface area contributed by atoms with E-state index in [1.54, 1.807) is 13.4 Å². The van der Waals surface area contributed by atoms with E-state index in [1.165, 1.54) is 22.4 Å². The lowest BCUT2D eigenvalue weighted by Crippen LogP contribution is -2.48. The molecule has 3 aromatic carbocycles. The molecule has 2 aliphatic rings. The number of piperazine rings is 1. The highest BCUT2D eigenvalue weighted by Gasteiger charge is 2.34. The summed E-state index contributed by atoms with van der Waals surface area (Å²) in [7, 11) is 1.75. The molecule has 37 heavy (non-hydrogen) atoms. The van der Waals surface area contributed by atoms with Gasteiger partial charge in [-0.3, -0.25) is 4.90 Å². The fourth-order valence-corrected chi connectivity index (χ4v) is 5.38. The molecule has 6 rings (SSSR count). The van der Waals surface area contributed by atoms with E-state index in [2.05, 4.69) is 111 Å². The summed E-state index contributed by atoms with van der Waals surface area (Å²) in [5.41, 5.74) is 6.21. The van der Waals surface area contributed by atoms with Gasteiger partial charge in [-0.05, 0) is 41.3 Å². The van der Waals surface area contributed by atoms with Crippen LogP contribution in [0.2, 0.25) is 0 Å². The molecule has 1 unspecified atom stereocenters. The number of para-hydroxylation sites is 1. The highest BCUT2D eigenvalue weighted by molar-refractivity contribution is 5.91. The van der Waals surface area contributed by atoms with Gasteiger partial charge in [-0.1, -0.05) is 66.7 Å². The minimum atomic E-state index is -0.0174. The van der Waals surface area contributed by atoms with E-state index in [9.17, 15) is 0 Å². The first-order chi connectivity index (χ1) is 18.3. The number of ether oxygens (including phenoxy) is 1. The second-order valence-corrected chi connectivity index (χ2v) is 9.55. The summed E-state index contributed by atoms with van der Waals surface area (Å²) in [6.07, 6.45) is 6.93. The molecule has 1 radical (unpaired) electrons. The highest BCUT2D eigenvalue weighted by atomic mass is 16.5. The summed E-state index contributed by atoms with van der Waals surface area (Å²) in [6.45, 7) is 4.59. The van der Waals surface area contributed by atoms with Gasteiger partial charge in [0.25, 0.3) is 0 Å². The van der Waals surface area contributed by atoms with Gasteiger partial charge < -0.3 is 9.64 Å². The van der Waals surface area contributed by atoms with E-state index >= 15 is 0 Å². The number of hydrogen-bond acceptors (Lipinski definition) is 5. The quantitative estimate of drug-likeness (QED) is 0.329.